The molecule has 0 spiro atoms. The van der Waals surface area contributed by atoms with Crippen LogP contribution in [0.1, 0.15) is 6.23 Å². The number of fused-ring (bicyclic) bond motifs is 1. The number of nitrogens with two attached hydrogens (primary N) is 1. The molecule has 4 atom stereocenters. The van der Waals surface area contributed by atoms with Crippen molar-refractivity contribution in [1.82, 2.24) is 19.5 Å². The zero-order valence-corrected chi connectivity index (χ0v) is 11.8. The summed E-state index contributed by atoms with van der Waals surface area (Å²) >= 11 is 0. The molecule has 0 saturated carbocycles. The maximum absolute atomic E-state index is 10.2. The molecule has 1 aliphatic rings. The average Bonchev–Trinajstić information content (AvgIpc) is 3.01. The van der Waals surface area contributed by atoms with Gasteiger partial charge >= 0.3 is 0 Å². The number of nitrogens with zero attached hydrogens (tertiary/aromatic N) is 5. The van der Waals surface area contributed by atoms with Crippen LogP contribution < -0.4 is 10.6 Å². The van der Waals surface area contributed by atoms with Crippen molar-refractivity contribution in [3.63, 3.8) is 0 Å². The molecule has 3 rings (SSSR count). The van der Waals surface area contributed by atoms with E-state index in [1.165, 1.54) is 12.7 Å². The molecule has 2 aromatic rings. The predicted octanol–water partition coefficient (Wildman–Crippen LogP) is -1.53. The molecule has 9 heteroatoms. The standard InChI is InChI=1S/C12H18N6O3/c1-17(2)10-8-11(15-4-14-10)18(5-16-8)12-9(20)7(13)6(3-19)21-12/h4-7,9,12,19-20H,3,13H2,1-2H3/t6-,7?,9+,12-/m0/s1. The number of aliphatic hydroxyl groups is 2. The molecule has 0 amide bonds. The van der Waals surface area contributed by atoms with E-state index in [9.17, 15) is 10.2 Å². The summed E-state index contributed by atoms with van der Waals surface area (Å²) < 4.78 is 7.23. The monoisotopic (exact) mass is 294 g/mol. The van der Waals surface area contributed by atoms with Gasteiger partial charge in [-0.05, 0) is 0 Å². The van der Waals surface area contributed by atoms with Crippen molar-refractivity contribution >= 4 is 17.0 Å². The van der Waals surface area contributed by atoms with Crippen molar-refractivity contribution in [1.29, 1.82) is 0 Å². The summed E-state index contributed by atoms with van der Waals surface area (Å²) in [6.07, 6.45) is 0.676. The van der Waals surface area contributed by atoms with Gasteiger partial charge in [0.2, 0.25) is 0 Å². The topological polar surface area (TPSA) is 123 Å². The van der Waals surface area contributed by atoms with E-state index in [4.69, 9.17) is 10.5 Å². The van der Waals surface area contributed by atoms with Crippen LogP contribution in [-0.2, 0) is 4.74 Å². The maximum atomic E-state index is 10.2. The lowest BCUT2D eigenvalue weighted by Gasteiger charge is -2.17. The molecular formula is C12H18N6O3. The van der Waals surface area contributed by atoms with E-state index in [0.29, 0.717) is 17.0 Å². The number of rotatable bonds is 3. The lowest BCUT2D eigenvalue weighted by Crippen LogP contribution is -2.41. The summed E-state index contributed by atoms with van der Waals surface area (Å²) in [7, 11) is 3.72. The van der Waals surface area contributed by atoms with Crippen molar-refractivity contribution in [2.45, 2.75) is 24.5 Å². The summed E-state index contributed by atoms with van der Waals surface area (Å²) in [6.45, 7) is -0.251. The molecule has 1 aliphatic heterocycles. The van der Waals surface area contributed by atoms with Gasteiger partial charge in [0.1, 0.15) is 18.5 Å². The normalized spacial score (nSPS) is 29.2. The number of aromatic nitrogens is 4. The van der Waals surface area contributed by atoms with Gasteiger partial charge in [-0.3, -0.25) is 4.57 Å². The Balaban J connectivity index is 2.04. The number of hydrogen-bond acceptors (Lipinski definition) is 8. The lowest BCUT2D eigenvalue weighted by atomic mass is 10.1. The molecule has 9 nitrogen and oxygen atoms in total. The molecule has 114 valence electrons. The van der Waals surface area contributed by atoms with Gasteiger partial charge in [0.15, 0.2) is 23.2 Å². The molecule has 2 aromatic heterocycles. The Morgan fingerprint density at radius 2 is 2.14 bits per heavy atom. The van der Waals surface area contributed by atoms with Gasteiger partial charge < -0.3 is 25.6 Å². The van der Waals surface area contributed by atoms with Crippen LogP contribution in [0.15, 0.2) is 12.7 Å². The predicted molar refractivity (Wildman–Crippen MR) is 74.6 cm³/mol. The molecule has 0 aromatic carbocycles. The van der Waals surface area contributed by atoms with E-state index in [0.717, 1.165) is 0 Å². The quantitative estimate of drug-likeness (QED) is 0.623. The summed E-state index contributed by atoms with van der Waals surface area (Å²) in [5.41, 5.74) is 7.00. The minimum Gasteiger partial charge on any atom is -0.394 e. The highest BCUT2D eigenvalue weighted by Gasteiger charge is 2.42. The van der Waals surface area contributed by atoms with E-state index in [2.05, 4.69) is 15.0 Å². The highest BCUT2D eigenvalue weighted by atomic mass is 16.5. The van der Waals surface area contributed by atoms with Crippen LogP contribution >= 0.6 is 0 Å². The zero-order chi connectivity index (χ0) is 15.1. The van der Waals surface area contributed by atoms with Gasteiger partial charge in [-0.15, -0.1) is 0 Å². The first-order chi connectivity index (χ1) is 10.0. The summed E-state index contributed by atoms with van der Waals surface area (Å²) in [5.74, 6) is 0.675. The summed E-state index contributed by atoms with van der Waals surface area (Å²) in [4.78, 5) is 14.5. The first-order valence-electron chi connectivity index (χ1n) is 6.59. The molecule has 1 unspecified atom stereocenters. The van der Waals surface area contributed by atoms with Gasteiger partial charge in [-0.2, -0.15) is 0 Å². The van der Waals surface area contributed by atoms with Crippen molar-refractivity contribution in [3.8, 4) is 0 Å². The van der Waals surface area contributed by atoms with E-state index >= 15 is 0 Å². The van der Waals surface area contributed by atoms with Gasteiger partial charge in [0, 0.05) is 14.1 Å². The third-order valence-corrected chi connectivity index (χ3v) is 3.65. The molecular weight excluding hydrogens is 276 g/mol. The molecule has 4 N–H and O–H groups in total. The maximum Gasteiger partial charge on any atom is 0.167 e. The minimum absolute atomic E-state index is 0.251. The highest BCUT2D eigenvalue weighted by molar-refractivity contribution is 5.83. The van der Waals surface area contributed by atoms with Crippen LogP contribution in [0.5, 0.6) is 0 Å². The lowest BCUT2D eigenvalue weighted by molar-refractivity contribution is -0.0488. The van der Waals surface area contributed by atoms with E-state index < -0.39 is 24.5 Å². The number of ether oxygens (including phenoxy) is 1. The zero-order valence-electron chi connectivity index (χ0n) is 11.8. The average molecular weight is 294 g/mol. The fourth-order valence-electron chi connectivity index (χ4n) is 2.51. The smallest absolute Gasteiger partial charge is 0.167 e. The van der Waals surface area contributed by atoms with Crippen molar-refractivity contribution in [3.05, 3.63) is 12.7 Å². The first-order valence-corrected chi connectivity index (χ1v) is 6.59. The Bertz CT molecular complexity index is 645. The molecule has 3 heterocycles. The van der Waals surface area contributed by atoms with Gasteiger partial charge in [-0.1, -0.05) is 0 Å². The summed E-state index contributed by atoms with van der Waals surface area (Å²) in [6, 6.07) is -0.660. The largest absolute Gasteiger partial charge is 0.394 e. The third kappa shape index (κ3) is 2.14. The van der Waals surface area contributed by atoms with Crippen molar-refractivity contribution in [2.75, 3.05) is 25.6 Å². The second-order valence-corrected chi connectivity index (χ2v) is 5.23. The first kappa shape index (κ1) is 14.1. The fraction of sp³-hybridized carbons (Fsp3) is 0.583. The van der Waals surface area contributed by atoms with Crippen LogP contribution in [0.25, 0.3) is 11.2 Å². The number of anilines is 1. The number of hydrogen-bond donors (Lipinski definition) is 3. The SMILES string of the molecule is CN(C)c1ncnc2c1ncn2[C@H]1O[C@@H](CO)C(N)[C@H]1O. The highest BCUT2D eigenvalue weighted by Crippen LogP contribution is 2.31. The van der Waals surface area contributed by atoms with Gasteiger partial charge in [-0.25, -0.2) is 15.0 Å². The fourth-order valence-corrected chi connectivity index (χ4v) is 2.51. The van der Waals surface area contributed by atoms with Gasteiger partial charge in [0.25, 0.3) is 0 Å². The van der Waals surface area contributed by atoms with E-state index in [-0.39, 0.29) is 6.61 Å². The summed E-state index contributed by atoms with van der Waals surface area (Å²) in [5, 5.41) is 19.4. The van der Waals surface area contributed by atoms with Crippen molar-refractivity contribution < 1.29 is 14.9 Å². The Hall–Kier alpha value is -1.81. The Labute approximate surface area is 121 Å². The molecule has 0 bridgehead atoms. The number of imidazole rings is 1. The second kappa shape index (κ2) is 5.19. The minimum atomic E-state index is -0.947. The van der Waals surface area contributed by atoms with Gasteiger partial charge in [0.05, 0.1) is 19.0 Å². The Morgan fingerprint density at radius 3 is 2.76 bits per heavy atom. The second-order valence-electron chi connectivity index (χ2n) is 5.23. The van der Waals surface area contributed by atoms with E-state index in [1.807, 2.05) is 19.0 Å². The molecule has 0 aliphatic carbocycles. The third-order valence-electron chi connectivity index (χ3n) is 3.65. The van der Waals surface area contributed by atoms with Crippen LogP contribution in [0.3, 0.4) is 0 Å². The molecule has 1 fully saturated rings. The van der Waals surface area contributed by atoms with Crippen LogP contribution in [0.2, 0.25) is 0 Å². The van der Waals surface area contributed by atoms with Crippen LogP contribution in [-0.4, -0.2) is 68.7 Å². The molecule has 1 saturated heterocycles. The molecule has 0 radical (unpaired) electrons. The Morgan fingerprint density at radius 1 is 1.38 bits per heavy atom. The van der Waals surface area contributed by atoms with E-state index in [1.54, 1.807) is 4.57 Å². The van der Waals surface area contributed by atoms with Crippen LogP contribution in [0.4, 0.5) is 5.82 Å². The van der Waals surface area contributed by atoms with Crippen LogP contribution in [0, 0.1) is 0 Å². The number of aliphatic hydroxyl groups excluding tert-OH is 2. The Kier molecular flexibility index (Phi) is 3.49. The van der Waals surface area contributed by atoms with Crippen molar-refractivity contribution in [2.24, 2.45) is 5.73 Å². The molecule has 21 heavy (non-hydrogen) atoms.